The average Bonchev–Trinajstić information content (AvgIpc) is 3.51. The molecule has 0 aromatic heterocycles. The molecule has 3 amide bonds. The van der Waals surface area contributed by atoms with Crippen LogP contribution in [0.1, 0.15) is 37.2 Å². The van der Waals surface area contributed by atoms with E-state index in [1.165, 1.54) is 5.56 Å². The Morgan fingerprint density at radius 1 is 1.06 bits per heavy atom. The molecule has 0 bridgehead atoms. The Kier molecular flexibility index (Phi) is 6.72. The lowest BCUT2D eigenvalue weighted by atomic mass is 9.87. The second-order valence-corrected chi connectivity index (χ2v) is 8.58. The van der Waals surface area contributed by atoms with Crippen LogP contribution in [0.3, 0.4) is 0 Å². The van der Waals surface area contributed by atoms with Gasteiger partial charge in [-0.15, -0.1) is 0 Å². The maximum atomic E-state index is 13.2. The van der Waals surface area contributed by atoms with E-state index in [-0.39, 0.29) is 24.3 Å². The molecule has 1 aromatic carbocycles. The quantitative estimate of drug-likeness (QED) is 0.487. The number of amides is 3. The zero-order chi connectivity index (χ0) is 21.8. The van der Waals surface area contributed by atoms with Gasteiger partial charge in [-0.3, -0.25) is 14.8 Å². The largest absolute Gasteiger partial charge is 0.445 e. The molecule has 0 spiro atoms. The minimum atomic E-state index is -0.821. The summed E-state index contributed by atoms with van der Waals surface area (Å²) in [6, 6.07) is 9.33. The van der Waals surface area contributed by atoms with Gasteiger partial charge in [-0.05, 0) is 31.2 Å². The third kappa shape index (κ3) is 4.83. The van der Waals surface area contributed by atoms with Gasteiger partial charge in [0.1, 0.15) is 6.10 Å². The van der Waals surface area contributed by atoms with E-state index in [9.17, 15) is 19.6 Å². The number of carbonyl (C=O) groups excluding carboxylic acids is 3. The molecule has 3 N–H and O–H groups in total. The molecule has 1 aromatic rings. The highest BCUT2D eigenvalue weighted by atomic mass is 16.6. The van der Waals surface area contributed by atoms with Crippen molar-refractivity contribution in [2.75, 3.05) is 32.7 Å². The number of hydroxylamine groups is 1. The standard InChI is InChI=1S/C22H30N4O5/c27-20(24-30)18-12-17(31-22(29)25-9-4-5-10-25)13-23-19(18)21(28)26-11-8-16(14-26)15-6-2-1-3-7-15/h1-3,6-7,16-19,23,30H,4-5,8-14H2,(H,24,27)/t16-,17?,18?,19?/m1/s1. The fourth-order valence-corrected chi connectivity index (χ4v) is 4.87. The van der Waals surface area contributed by atoms with Gasteiger partial charge in [-0.2, -0.15) is 0 Å². The molecule has 31 heavy (non-hydrogen) atoms. The van der Waals surface area contributed by atoms with Crippen LogP contribution in [0.5, 0.6) is 0 Å². The van der Waals surface area contributed by atoms with Gasteiger partial charge in [0.05, 0.1) is 12.0 Å². The highest BCUT2D eigenvalue weighted by molar-refractivity contribution is 5.90. The lowest BCUT2D eigenvalue weighted by molar-refractivity contribution is -0.145. The summed E-state index contributed by atoms with van der Waals surface area (Å²) in [6.07, 6.45) is 2.06. The van der Waals surface area contributed by atoms with Crippen molar-refractivity contribution in [3.63, 3.8) is 0 Å². The molecular weight excluding hydrogens is 400 g/mol. The van der Waals surface area contributed by atoms with Gasteiger partial charge in [-0.25, -0.2) is 10.3 Å². The number of hydrogen-bond donors (Lipinski definition) is 3. The second-order valence-electron chi connectivity index (χ2n) is 8.58. The van der Waals surface area contributed by atoms with Crippen LogP contribution in [0, 0.1) is 5.92 Å². The maximum Gasteiger partial charge on any atom is 0.410 e. The smallest absolute Gasteiger partial charge is 0.410 e. The van der Waals surface area contributed by atoms with Crippen LogP contribution >= 0.6 is 0 Å². The van der Waals surface area contributed by atoms with Gasteiger partial charge in [0.15, 0.2) is 0 Å². The predicted molar refractivity (Wildman–Crippen MR) is 111 cm³/mol. The van der Waals surface area contributed by atoms with Crippen LogP contribution in [-0.4, -0.2) is 77.8 Å². The maximum absolute atomic E-state index is 13.2. The molecule has 168 valence electrons. The molecular formula is C22H30N4O5. The summed E-state index contributed by atoms with van der Waals surface area (Å²) in [5, 5.41) is 12.3. The van der Waals surface area contributed by atoms with Gasteiger partial charge in [0.25, 0.3) is 0 Å². The summed E-state index contributed by atoms with van der Waals surface area (Å²) < 4.78 is 5.57. The topological polar surface area (TPSA) is 111 Å². The molecule has 9 heteroatoms. The van der Waals surface area contributed by atoms with Crippen LogP contribution in [0.2, 0.25) is 0 Å². The predicted octanol–water partition coefficient (Wildman–Crippen LogP) is 1.09. The zero-order valence-electron chi connectivity index (χ0n) is 17.5. The SMILES string of the molecule is O=C(NO)C1CC(OC(=O)N2CCCC2)CNC1C(=O)N1CC[C@@H](c2ccccc2)C1. The van der Waals surface area contributed by atoms with Crippen molar-refractivity contribution in [2.45, 2.75) is 43.7 Å². The number of nitrogens with one attached hydrogen (secondary N) is 2. The number of hydrogen-bond acceptors (Lipinski definition) is 6. The lowest BCUT2D eigenvalue weighted by Crippen LogP contribution is -2.59. The summed E-state index contributed by atoms with van der Waals surface area (Å²) in [7, 11) is 0. The van der Waals surface area contributed by atoms with Crippen molar-refractivity contribution < 1.29 is 24.3 Å². The molecule has 3 saturated heterocycles. The molecule has 0 radical (unpaired) electrons. The molecule has 3 unspecified atom stereocenters. The highest BCUT2D eigenvalue weighted by Crippen LogP contribution is 2.29. The van der Waals surface area contributed by atoms with Crippen LogP contribution < -0.4 is 10.8 Å². The Morgan fingerprint density at radius 3 is 2.52 bits per heavy atom. The Bertz CT molecular complexity index is 798. The van der Waals surface area contributed by atoms with E-state index >= 15 is 0 Å². The van der Waals surface area contributed by atoms with Crippen LogP contribution in [0.15, 0.2) is 30.3 Å². The zero-order valence-corrected chi connectivity index (χ0v) is 17.5. The summed E-state index contributed by atoms with van der Waals surface area (Å²) >= 11 is 0. The molecule has 4 rings (SSSR count). The number of nitrogens with zero attached hydrogens (tertiary/aromatic N) is 2. The number of carbonyl (C=O) groups is 3. The van der Waals surface area contributed by atoms with Crippen molar-refractivity contribution in [3.05, 3.63) is 35.9 Å². The van der Waals surface area contributed by atoms with Crippen molar-refractivity contribution in [2.24, 2.45) is 5.92 Å². The highest BCUT2D eigenvalue weighted by Gasteiger charge is 2.43. The Morgan fingerprint density at radius 2 is 1.81 bits per heavy atom. The molecule has 3 aliphatic rings. The van der Waals surface area contributed by atoms with Crippen LogP contribution in [0.4, 0.5) is 4.79 Å². The molecule has 3 fully saturated rings. The normalized spacial score (nSPS) is 28.4. The van der Waals surface area contributed by atoms with Crippen molar-refractivity contribution in [1.29, 1.82) is 0 Å². The van der Waals surface area contributed by atoms with E-state index in [2.05, 4.69) is 17.4 Å². The van der Waals surface area contributed by atoms with E-state index in [4.69, 9.17) is 4.74 Å². The number of likely N-dealkylation sites (tertiary alicyclic amines) is 2. The first kappa shape index (κ1) is 21.6. The molecule has 3 heterocycles. The molecule has 9 nitrogen and oxygen atoms in total. The summed E-state index contributed by atoms with van der Waals surface area (Å²) in [5.41, 5.74) is 2.87. The number of ether oxygens (including phenoxy) is 1. The average molecular weight is 431 g/mol. The van der Waals surface area contributed by atoms with Crippen molar-refractivity contribution in [1.82, 2.24) is 20.6 Å². The Balaban J connectivity index is 1.38. The monoisotopic (exact) mass is 430 g/mol. The van der Waals surface area contributed by atoms with Gasteiger partial charge in [0.2, 0.25) is 11.8 Å². The molecule has 4 atom stereocenters. The number of piperidine rings is 1. The van der Waals surface area contributed by atoms with Crippen molar-refractivity contribution >= 4 is 17.9 Å². The summed E-state index contributed by atoms with van der Waals surface area (Å²) in [5.74, 6) is -1.35. The molecule has 0 aliphatic carbocycles. The van der Waals surface area contributed by atoms with Crippen LogP contribution in [-0.2, 0) is 14.3 Å². The summed E-state index contributed by atoms with van der Waals surface area (Å²) in [6.45, 7) is 2.87. The van der Waals surface area contributed by atoms with E-state index in [0.717, 1.165) is 19.3 Å². The first-order valence-electron chi connectivity index (χ1n) is 11.0. The third-order valence-corrected chi connectivity index (χ3v) is 6.60. The van der Waals surface area contributed by atoms with Gasteiger partial charge >= 0.3 is 6.09 Å². The fourth-order valence-electron chi connectivity index (χ4n) is 4.87. The fraction of sp³-hybridized carbons (Fsp3) is 0.591. The number of rotatable bonds is 4. The first-order valence-corrected chi connectivity index (χ1v) is 11.0. The number of benzene rings is 1. The van der Waals surface area contributed by atoms with Gasteiger partial charge < -0.3 is 19.9 Å². The molecule has 3 aliphatic heterocycles. The minimum Gasteiger partial charge on any atom is -0.445 e. The van der Waals surface area contributed by atoms with E-state index in [1.807, 2.05) is 18.2 Å². The third-order valence-electron chi connectivity index (χ3n) is 6.60. The second kappa shape index (κ2) is 9.65. The summed E-state index contributed by atoms with van der Waals surface area (Å²) in [4.78, 5) is 41.3. The van der Waals surface area contributed by atoms with E-state index in [1.54, 1.807) is 15.3 Å². The Hall–Kier alpha value is -2.65. The van der Waals surface area contributed by atoms with Gasteiger partial charge in [0, 0.05) is 38.6 Å². The Labute approximate surface area is 181 Å². The minimum absolute atomic E-state index is 0.156. The van der Waals surface area contributed by atoms with E-state index in [0.29, 0.717) is 32.7 Å². The van der Waals surface area contributed by atoms with Crippen LogP contribution in [0.25, 0.3) is 0 Å². The first-order chi connectivity index (χ1) is 15.1. The van der Waals surface area contributed by atoms with E-state index < -0.39 is 24.0 Å². The van der Waals surface area contributed by atoms with Crippen molar-refractivity contribution in [3.8, 4) is 0 Å². The lowest BCUT2D eigenvalue weighted by Gasteiger charge is -2.36. The molecule has 0 saturated carbocycles. The van der Waals surface area contributed by atoms with Gasteiger partial charge in [-0.1, -0.05) is 30.3 Å².